The van der Waals surface area contributed by atoms with Crippen molar-refractivity contribution in [2.45, 2.75) is 24.3 Å². The van der Waals surface area contributed by atoms with Crippen LogP contribution in [0.5, 0.6) is 0 Å². The van der Waals surface area contributed by atoms with E-state index in [4.69, 9.17) is 0 Å². The zero-order chi connectivity index (χ0) is 9.52. The maximum atomic E-state index is 13.1. The fourth-order valence-electron chi connectivity index (χ4n) is 0.981. The molecule has 4 heteroatoms. The molecule has 0 spiro atoms. The van der Waals surface area contributed by atoms with Crippen LogP contribution >= 0.6 is 15.9 Å². The Kier molecular flexibility index (Phi) is 2.38. The number of rotatable bonds is 0. The average Bonchev–Trinajstić information content (AvgIpc) is 1.97. The third kappa shape index (κ3) is 1.44. The summed E-state index contributed by atoms with van der Waals surface area (Å²) < 4.78 is 37.6. The van der Waals surface area contributed by atoms with Gasteiger partial charge in [0.15, 0.2) is 6.17 Å². The highest BCUT2D eigenvalue weighted by atomic mass is 79.9. The van der Waals surface area contributed by atoms with Gasteiger partial charge in [0.1, 0.15) is 11.7 Å². The predicted octanol–water partition coefficient (Wildman–Crippen LogP) is 3.59. The molecule has 0 nitrogen and oxygen atoms in total. The van der Waals surface area contributed by atoms with E-state index in [2.05, 4.69) is 15.9 Å². The van der Waals surface area contributed by atoms with Crippen LogP contribution in [0.2, 0.25) is 0 Å². The first-order chi connectivity index (χ1) is 5.36. The summed E-state index contributed by atoms with van der Waals surface area (Å²) in [4.78, 5) is 0. The Morgan fingerprint density at radius 2 is 2.00 bits per heavy atom. The summed E-state index contributed by atoms with van der Waals surface area (Å²) in [5.41, 5.74) is -0.251. The van der Waals surface area contributed by atoms with Gasteiger partial charge in [0.25, 0.3) is 0 Å². The zero-order valence-electron chi connectivity index (χ0n) is 6.67. The smallest absolute Gasteiger partial charge is 0.170 e. The summed E-state index contributed by atoms with van der Waals surface area (Å²) in [6.45, 7) is 2.60. The second kappa shape index (κ2) is 2.91. The molecule has 1 rings (SSSR count). The molecule has 0 aliphatic heterocycles. The quantitative estimate of drug-likeness (QED) is 0.568. The first kappa shape index (κ1) is 9.84. The van der Waals surface area contributed by atoms with Crippen LogP contribution in [0.25, 0.3) is 0 Å². The van der Waals surface area contributed by atoms with Gasteiger partial charge in [0, 0.05) is 5.57 Å². The van der Waals surface area contributed by atoms with Gasteiger partial charge < -0.3 is 0 Å². The Balaban J connectivity index is 3.15. The Labute approximate surface area is 77.3 Å². The van der Waals surface area contributed by atoms with E-state index >= 15 is 0 Å². The summed E-state index contributed by atoms with van der Waals surface area (Å²) in [5, 5.41) is 0. The fourth-order valence-corrected chi connectivity index (χ4v) is 1.38. The summed E-state index contributed by atoms with van der Waals surface area (Å²) in [7, 11) is 0. The maximum Gasteiger partial charge on any atom is 0.170 e. The molecule has 0 N–H and O–H groups in total. The fraction of sp³-hybridized carbons (Fsp3) is 0.500. The molecule has 0 aromatic carbocycles. The number of alkyl halides is 2. The van der Waals surface area contributed by atoms with Crippen molar-refractivity contribution in [1.82, 2.24) is 0 Å². The summed E-state index contributed by atoms with van der Waals surface area (Å²) >= 11 is 2.90. The van der Waals surface area contributed by atoms with E-state index in [0.29, 0.717) is 0 Å². The summed E-state index contributed by atoms with van der Waals surface area (Å²) in [5.74, 6) is -1.74. The van der Waals surface area contributed by atoms with Crippen molar-refractivity contribution < 1.29 is 13.2 Å². The lowest BCUT2D eigenvalue weighted by Crippen LogP contribution is -2.31. The van der Waals surface area contributed by atoms with Crippen LogP contribution in [-0.2, 0) is 0 Å². The molecule has 0 aromatic heterocycles. The third-order valence-electron chi connectivity index (χ3n) is 1.84. The SMILES string of the molecule is CC1=C(F)C(F)C(C)(Br)C=C1F. The summed E-state index contributed by atoms with van der Waals surface area (Å²) in [6, 6.07) is 0. The van der Waals surface area contributed by atoms with Crippen LogP contribution in [0.4, 0.5) is 13.2 Å². The lowest BCUT2D eigenvalue weighted by Gasteiger charge is -2.26. The molecule has 12 heavy (non-hydrogen) atoms. The summed E-state index contributed by atoms with van der Waals surface area (Å²) in [6.07, 6.45) is -0.771. The Morgan fingerprint density at radius 1 is 1.50 bits per heavy atom. The lowest BCUT2D eigenvalue weighted by atomic mass is 9.95. The average molecular weight is 241 g/mol. The molecule has 1 aliphatic rings. The van der Waals surface area contributed by atoms with Crippen molar-refractivity contribution in [1.29, 1.82) is 0 Å². The van der Waals surface area contributed by atoms with Crippen molar-refractivity contribution >= 4 is 15.9 Å². The molecule has 0 heterocycles. The van der Waals surface area contributed by atoms with Gasteiger partial charge in [0.2, 0.25) is 0 Å². The van der Waals surface area contributed by atoms with Gasteiger partial charge in [-0.25, -0.2) is 13.2 Å². The van der Waals surface area contributed by atoms with E-state index in [0.717, 1.165) is 6.08 Å². The number of hydrogen-bond donors (Lipinski definition) is 0. The van der Waals surface area contributed by atoms with E-state index in [1.165, 1.54) is 13.8 Å². The van der Waals surface area contributed by atoms with Gasteiger partial charge in [-0.2, -0.15) is 0 Å². The second-order valence-electron chi connectivity index (χ2n) is 2.98. The van der Waals surface area contributed by atoms with Gasteiger partial charge in [-0.3, -0.25) is 0 Å². The molecule has 0 radical (unpaired) electrons. The van der Waals surface area contributed by atoms with Gasteiger partial charge in [0.05, 0.1) is 4.32 Å². The van der Waals surface area contributed by atoms with Crippen molar-refractivity contribution in [3.8, 4) is 0 Å². The predicted molar refractivity (Wildman–Crippen MR) is 45.2 cm³/mol. The highest BCUT2D eigenvalue weighted by Gasteiger charge is 2.39. The van der Waals surface area contributed by atoms with Crippen LogP contribution in [-0.4, -0.2) is 10.5 Å². The topological polar surface area (TPSA) is 0 Å². The van der Waals surface area contributed by atoms with Crippen molar-refractivity contribution in [3.05, 3.63) is 23.3 Å². The van der Waals surface area contributed by atoms with Gasteiger partial charge in [-0.05, 0) is 19.9 Å². The second-order valence-corrected chi connectivity index (χ2v) is 4.69. The molecule has 0 fully saturated rings. The van der Waals surface area contributed by atoms with Crippen LogP contribution in [0.3, 0.4) is 0 Å². The molecule has 0 bridgehead atoms. The Bertz CT molecular complexity index is 265. The molecule has 2 unspecified atom stereocenters. The van der Waals surface area contributed by atoms with Crippen molar-refractivity contribution in [3.63, 3.8) is 0 Å². The van der Waals surface area contributed by atoms with E-state index in [9.17, 15) is 13.2 Å². The lowest BCUT2D eigenvalue weighted by molar-refractivity contribution is 0.284. The number of halogens is 4. The molecule has 2 atom stereocenters. The molecular formula is C8H8BrF3. The van der Waals surface area contributed by atoms with Crippen molar-refractivity contribution in [2.24, 2.45) is 0 Å². The van der Waals surface area contributed by atoms with E-state index in [1.54, 1.807) is 0 Å². The van der Waals surface area contributed by atoms with Crippen molar-refractivity contribution in [2.75, 3.05) is 0 Å². The van der Waals surface area contributed by atoms with Crippen LogP contribution < -0.4 is 0 Å². The van der Waals surface area contributed by atoms with E-state index < -0.39 is 22.1 Å². The normalized spacial score (nSPS) is 36.8. The number of allylic oxidation sites excluding steroid dienone is 4. The van der Waals surface area contributed by atoms with E-state index in [-0.39, 0.29) is 5.57 Å². The van der Waals surface area contributed by atoms with E-state index in [1.807, 2.05) is 0 Å². The Morgan fingerprint density at radius 3 is 2.50 bits per heavy atom. The van der Waals surface area contributed by atoms with Gasteiger partial charge in [-0.15, -0.1) is 0 Å². The molecular weight excluding hydrogens is 233 g/mol. The maximum absolute atomic E-state index is 13.1. The molecule has 1 aliphatic carbocycles. The highest BCUT2D eigenvalue weighted by Crippen LogP contribution is 2.40. The first-order valence-corrected chi connectivity index (χ1v) is 4.23. The molecule has 0 aromatic rings. The monoisotopic (exact) mass is 240 g/mol. The zero-order valence-corrected chi connectivity index (χ0v) is 8.25. The van der Waals surface area contributed by atoms with Gasteiger partial charge >= 0.3 is 0 Å². The van der Waals surface area contributed by atoms with Gasteiger partial charge in [-0.1, -0.05) is 15.9 Å². The molecule has 0 saturated carbocycles. The third-order valence-corrected chi connectivity index (χ3v) is 2.47. The first-order valence-electron chi connectivity index (χ1n) is 3.44. The Hall–Kier alpha value is -0.250. The number of hydrogen-bond acceptors (Lipinski definition) is 0. The molecule has 0 amide bonds. The van der Waals surface area contributed by atoms with Crippen LogP contribution in [0.15, 0.2) is 23.3 Å². The van der Waals surface area contributed by atoms with Crippen LogP contribution in [0, 0.1) is 0 Å². The minimum atomic E-state index is -1.81. The van der Waals surface area contributed by atoms with Crippen LogP contribution in [0.1, 0.15) is 13.8 Å². The minimum Gasteiger partial charge on any atom is -0.238 e. The minimum absolute atomic E-state index is 0.251. The highest BCUT2D eigenvalue weighted by molar-refractivity contribution is 9.10. The molecule has 0 saturated heterocycles. The standard InChI is InChI=1S/C8H8BrF3/c1-4-5(10)3-8(2,9)7(12)6(4)11/h3,7H,1-2H3. The largest absolute Gasteiger partial charge is 0.238 e. The molecule has 68 valence electrons.